The van der Waals surface area contributed by atoms with E-state index < -0.39 is 30.4 Å². The molecule has 0 radical (unpaired) electrons. The third-order valence-corrected chi connectivity index (χ3v) is 4.07. The highest BCUT2D eigenvalue weighted by Gasteiger charge is 2.56. The summed E-state index contributed by atoms with van der Waals surface area (Å²) in [5.41, 5.74) is 0.729. The summed E-state index contributed by atoms with van der Waals surface area (Å²) in [4.78, 5) is 0. The first-order chi connectivity index (χ1) is 10.4. The van der Waals surface area contributed by atoms with Gasteiger partial charge in [-0.3, -0.25) is 0 Å². The predicted molar refractivity (Wildman–Crippen MR) is 77.4 cm³/mol. The summed E-state index contributed by atoms with van der Waals surface area (Å²) in [6, 6.07) is 7.21. The van der Waals surface area contributed by atoms with Crippen molar-refractivity contribution in [3.8, 4) is 5.75 Å². The van der Waals surface area contributed by atoms with Crippen LogP contribution in [0.4, 0.5) is 0 Å². The molecule has 5 atom stereocenters. The molecule has 122 valence electrons. The van der Waals surface area contributed by atoms with E-state index in [1.807, 2.05) is 13.8 Å². The van der Waals surface area contributed by atoms with Crippen LogP contribution >= 0.6 is 0 Å². The van der Waals surface area contributed by atoms with Gasteiger partial charge in [0, 0.05) is 7.11 Å². The quantitative estimate of drug-likeness (QED) is 0.911. The molecule has 0 amide bonds. The van der Waals surface area contributed by atoms with Crippen molar-refractivity contribution in [2.45, 2.75) is 50.3 Å². The summed E-state index contributed by atoms with van der Waals surface area (Å²) >= 11 is 0. The van der Waals surface area contributed by atoms with Crippen molar-refractivity contribution < 1.29 is 28.8 Å². The van der Waals surface area contributed by atoms with E-state index >= 15 is 0 Å². The highest BCUT2D eigenvalue weighted by molar-refractivity contribution is 5.29. The van der Waals surface area contributed by atoms with Crippen LogP contribution in [0.15, 0.2) is 24.3 Å². The third kappa shape index (κ3) is 2.73. The lowest BCUT2D eigenvalue weighted by Crippen LogP contribution is -2.39. The molecule has 22 heavy (non-hydrogen) atoms. The first kappa shape index (κ1) is 15.7. The van der Waals surface area contributed by atoms with Crippen LogP contribution in [0.2, 0.25) is 0 Å². The summed E-state index contributed by atoms with van der Waals surface area (Å²) in [5.74, 6) is 0.0270. The molecule has 1 aromatic carbocycles. The van der Waals surface area contributed by atoms with Crippen molar-refractivity contribution in [1.29, 1.82) is 0 Å². The van der Waals surface area contributed by atoms with Crippen LogP contribution in [0.1, 0.15) is 25.5 Å². The smallest absolute Gasteiger partial charge is 0.190 e. The molecule has 0 bridgehead atoms. The van der Waals surface area contributed by atoms with Crippen molar-refractivity contribution in [2.75, 3.05) is 14.2 Å². The number of hydrogen-bond donors (Lipinski definition) is 1. The lowest BCUT2D eigenvalue weighted by atomic mass is 9.99. The Morgan fingerprint density at radius 3 is 2.41 bits per heavy atom. The average molecular weight is 310 g/mol. The van der Waals surface area contributed by atoms with E-state index in [0.717, 1.165) is 11.3 Å². The summed E-state index contributed by atoms with van der Waals surface area (Å²) < 4.78 is 28.0. The van der Waals surface area contributed by atoms with Gasteiger partial charge in [-0.1, -0.05) is 12.1 Å². The van der Waals surface area contributed by atoms with E-state index in [2.05, 4.69) is 0 Å². The van der Waals surface area contributed by atoms with Crippen molar-refractivity contribution in [3.05, 3.63) is 29.8 Å². The number of aliphatic hydroxyl groups excluding tert-OH is 1. The number of fused-ring (bicyclic) bond motifs is 1. The van der Waals surface area contributed by atoms with Gasteiger partial charge in [0.15, 0.2) is 12.1 Å². The fourth-order valence-corrected chi connectivity index (χ4v) is 3.02. The highest BCUT2D eigenvalue weighted by Crippen LogP contribution is 2.42. The van der Waals surface area contributed by atoms with Crippen LogP contribution in [0.5, 0.6) is 5.75 Å². The molecule has 0 spiro atoms. The summed E-state index contributed by atoms with van der Waals surface area (Å²) in [6.07, 6.45) is -2.67. The molecule has 0 aliphatic carbocycles. The van der Waals surface area contributed by atoms with E-state index in [-0.39, 0.29) is 6.10 Å². The van der Waals surface area contributed by atoms with Gasteiger partial charge in [0.2, 0.25) is 0 Å². The van der Waals surface area contributed by atoms with Gasteiger partial charge in [-0.2, -0.15) is 0 Å². The van der Waals surface area contributed by atoms with Crippen LogP contribution in [-0.4, -0.2) is 49.7 Å². The standard InChI is InChI=1S/C16H22O6/c1-16(2)21-14-13(19-4)12(20-15(14)22-16)11(17)9-5-7-10(18-3)8-6-9/h5-8,11-15,17H,1-4H3/t11-,12+,13-,14+,15+/m0/s1. The van der Waals surface area contributed by atoms with Crippen molar-refractivity contribution >= 4 is 0 Å². The van der Waals surface area contributed by atoms with Gasteiger partial charge in [0.25, 0.3) is 0 Å². The minimum atomic E-state index is -0.836. The molecule has 1 aromatic rings. The fraction of sp³-hybridized carbons (Fsp3) is 0.625. The molecule has 2 heterocycles. The minimum absolute atomic E-state index is 0.349. The first-order valence-electron chi connectivity index (χ1n) is 7.31. The Balaban J connectivity index is 1.77. The topological polar surface area (TPSA) is 66.4 Å². The Kier molecular flexibility index (Phi) is 4.13. The number of rotatable bonds is 4. The average Bonchev–Trinajstić information content (AvgIpc) is 2.97. The molecule has 0 aromatic heterocycles. The van der Waals surface area contributed by atoms with Crippen LogP contribution in [0.3, 0.4) is 0 Å². The molecule has 2 fully saturated rings. The Labute approximate surface area is 129 Å². The summed E-state index contributed by atoms with van der Waals surface area (Å²) in [6.45, 7) is 3.66. The number of ether oxygens (including phenoxy) is 5. The molecule has 1 N–H and O–H groups in total. The molecule has 2 aliphatic heterocycles. The Morgan fingerprint density at radius 1 is 1.14 bits per heavy atom. The van der Waals surface area contributed by atoms with Gasteiger partial charge in [-0.15, -0.1) is 0 Å². The lowest BCUT2D eigenvalue weighted by Gasteiger charge is -2.27. The second kappa shape index (κ2) is 5.79. The molecule has 3 rings (SSSR count). The fourth-order valence-electron chi connectivity index (χ4n) is 3.02. The maximum absolute atomic E-state index is 10.6. The van der Waals surface area contributed by atoms with Crippen LogP contribution in [-0.2, 0) is 18.9 Å². The van der Waals surface area contributed by atoms with Gasteiger partial charge in [0.1, 0.15) is 30.2 Å². The van der Waals surface area contributed by atoms with Gasteiger partial charge in [0.05, 0.1) is 7.11 Å². The van der Waals surface area contributed by atoms with Gasteiger partial charge < -0.3 is 28.8 Å². The number of methoxy groups -OCH3 is 2. The van der Waals surface area contributed by atoms with E-state index in [1.165, 1.54) is 0 Å². The second-order valence-electron chi connectivity index (χ2n) is 5.99. The summed E-state index contributed by atoms with van der Waals surface area (Å²) in [5, 5.41) is 10.6. The summed E-state index contributed by atoms with van der Waals surface area (Å²) in [7, 11) is 3.18. The molecular formula is C16H22O6. The van der Waals surface area contributed by atoms with E-state index in [0.29, 0.717) is 0 Å². The third-order valence-electron chi connectivity index (χ3n) is 4.07. The number of aliphatic hydroxyl groups is 1. The van der Waals surface area contributed by atoms with Gasteiger partial charge in [-0.25, -0.2) is 0 Å². The molecule has 0 saturated carbocycles. The SMILES string of the molecule is COc1ccc([C@H](O)[C@H]2O[C@@H]3OC(C)(C)O[C@@H]3[C@H]2OC)cc1. The van der Waals surface area contributed by atoms with Gasteiger partial charge in [-0.05, 0) is 31.5 Å². The Morgan fingerprint density at radius 2 is 1.82 bits per heavy atom. The molecule has 2 aliphatic rings. The molecular weight excluding hydrogens is 288 g/mol. The number of hydrogen-bond acceptors (Lipinski definition) is 6. The molecule has 0 unspecified atom stereocenters. The van der Waals surface area contributed by atoms with Crippen molar-refractivity contribution in [2.24, 2.45) is 0 Å². The number of benzene rings is 1. The minimum Gasteiger partial charge on any atom is -0.497 e. The van der Waals surface area contributed by atoms with Gasteiger partial charge >= 0.3 is 0 Å². The van der Waals surface area contributed by atoms with E-state index in [1.54, 1.807) is 38.5 Å². The van der Waals surface area contributed by atoms with Crippen molar-refractivity contribution in [1.82, 2.24) is 0 Å². The van der Waals surface area contributed by atoms with Crippen LogP contribution in [0, 0.1) is 0 Å². The Bertz CT molecular complexity index is 514. The lowest BCUT2D eigenvalue weighted by molar-refractivity contribution is -0.228. The monoisotopic (exact) mass is 310 g/mol. The second-order valence-corrected chi connectivity index (χ2v) is 5.99. The van der Waals surface area contributed by atoms with Crippen molar-refractivity contribution in [3.63, 3.8) is 0 Å². The predicted octanol–water partition coefficient (Wildman–Crippen LogP) is 1.62. The zero-order chi connectivity index (χ0) is 15.9. The van der Waals surface area contributed by atoms with Crippen LogP contribution in [0.25, 0.3) is 0 Å². The zero-order valence-corrected chi connectivity index (χ0v) is 13.2. The highest BCUT2D eigenvalue weighted by atomic mass is 16.8. The van der Waals surface area contributed by atoms with Crippen LogP contribution < -0.4 is 4.74 Å². The normalized spacial score (nSPS) is 34.4. The first-order valence-corrected chi connectivity index (χ1v) is 7.31. The zero-order valence-electron chi connectivity index (χ0n) is 13.2. The Hall–Kier alpha value is -1.18. The van der Waals surface area contributed by atoms with E-state index in [9.17, 15) is 5.11 Å². The maximum Gasteiger partial charge on any atom is 0.190 e. The molecule has 6 heteroatoms. The maximum atomic E-state index is 10.6. The largest absolute Gasteiger partial charge is 0.497 e. The molecule has 6 nitrogen and oxygen atoms in total. The van der Waals surface area contributed by atoms with E-state index in [4.69, 9.17) is 23.7 Å². The molecule has 2 saturated heterocycles.